The summed E-state index contributed by atoms with van der Waals surface area (Å²) in [6.07, 6.45) is 3.66. The van der Waals surface area contributed by atoms with Crippen molar-refractivity contribution in [1.82, 2.24) is 4.90 Å². The van der Waals surface area contributed by atoms with E-state index in [2.05, 4.69) is 42.2 Å². The Morgan fingerprint density at radius 3 is 2.40 bits per heavy atom. The number of hydrogen-bond donors (Lipinski definition) is 0. The normalized spacial score (nSPS) is 19.3. The van der Waals surface area contributed by atoms with E-state index in [9.17, 15) is 0 Å². The smallest absolute Gasteiger partial charge is 0.00129 e. The molecule has 0 N–H and O–H groups in total. The average molecular weight is 202 g/mol. The molecule has 1 radical (unpaired) electrons. The summed E-state index contributed by atoms with van der Waals surface area (Å²) in [7, 11) is 0. The van der Waals surface area contributed by atoms with Crippen LogP contribution in [0.5, 0.6) is 0 Å². The molecule has 2 rings (SSSR count). The lowest BCUT2D eigenvalue weighted by molar-refractivity contribution is 0.215. The minimum Gasteiger partial charge on any atom is -0.303 e. The predicted molar refractivity (Wildman–Crippen MR) is 64.8 cm³/mol. The van der Waals surface area contributed by atoms with Gasteiger partial charge in [0.1, 0.15) is 0 Å². The van der Waals surface area contributed by atoms with Crippen LogP contribution in [0.3, 0.4) is 0 Å². The number of hydrogen-bond acceptors (Lipinski definition) is 1. The maximum atomic E-state index is 3.92. The molecule has 1 fully saturated rings. The highest BCUT2D eigenvalue weighted by atomic mass is 15.1. The lowest BCUT2D eigenvalue weighted by Gasteiger charge is -2.31. The second kappa shape index (κ2) is 5.32. The lowest BCUT2D eigenvalue weighted by Crippen LogP contribution is -2.33. The molecule has 0 saturated carbocycles. The molecule has 1 aromatic carbocycles. The van der Waals surface area contributed by atoms with Gasteiger partial charge in [-0.1, -0.05) is 37.3 Å². The maximum absolute atomic E-state index is 3.92. The lowest BCUT2D eigenvalue weighted by atomic mass is 9.89. The zero-order valence-electron chi connectivity index (χ0n) is 9.36. The second-order valence-corrected chi connectivity index (χ2v) is 4.38. The molecule has 1 saturated heterocycles. The highest BCUT2D eigenvalue weighted by Crippen LogP contribution is 2.27. The molecule has 81 valence electrons. The van der Waals surface area contributed by atoms with Gasteiger partial charge in [-0.25, -0.2) is 0 Å². The van der Waals surface area contributed by atoms with Crippen LogP contribution in [0.2, 0.25) is 0 Å². The molecular formula is C14H20N. The molecule has 1 heteroatoms. The summed E-state index contributed by atoms with van der Waals surface area (Å²) in [6.45, 7) is 7.57. The van der Waals surface area contributed by atoms with Crippen molar-refractivity contribution < 1.29 is 0 Å². The van der Waals surface area contributed by atoms with Crippen LogP contribution < -0.4 is 0 Å². The number of nitrogens with zero attached hydrogens (tertiary/aromatic N) is 1. The fraction of sp³-hybridized carbons (Fsp3) is 0.500. The molecule has 0 unspecified atom stereocenters. The third kappa shape index (κ3) is 2.82. The summed E-state index contributed by atoms with van der Waals surface area (Å²) in [5.74, 6) is 0.785. The molecule has 1 nitrogen and oxygen atoms in total. The van der Waals surface area contributed by atoms with Gasteiger partial charge in [-0.15, -0.1) is 0 Å². The van der Waals surface area contributed by atoms with Crippen LogP contribution in [-0.4, -0.2) is 24.5 Å². The molecule has 0 atom stereocenters. The van der Waals surface area contributed by atoms with Crippen LogP contribution in [0.25, 0.3) is 0 Å². The van der Waals surface area contributed by atoms with E-state index in [0.717, 1.165) is 12.3 Å². The van der Waals surface area contributed by atoms with E-state index in [1.165, 1.54) is 38.0 Å². The Kier molecular flexibility index (Phi) is 3.79. The molecule has 15 heavy (non-hydrogen) atoms. The Bertz CT molecular complexity index is 273. The van der Waals surface area contributed by atoms with Gasteiger partial charge >= 0.3 is 0 Å². The van der Waals surface area contributed by atoms with Crippen molar-refractivity contribution in [3.05, 3.63) is 42.8 Å². The van der Waals surface area contributed by atoms with Crippen molar-refractivity contribution >= 4 is 0 Å². The van der Waals surface area contributed by atoms with Crippen molar-refractivity contribution in [3.63, 3.8) is 0 Å². The Balaban J connectivity index is 1.88. The number of benzene rings is 1. The zero-order valence-corrected chi connectivity index (χ0v) is 9.36. The number of likely N-dealkylation sites (tertiary alicyclic amines) is 1. The van der Waals surface area contributed by atoms with Crippen LogP contribution in [-0.2, 0) is 0 Å². The van der Waals surface area contributed by atoms with E-state index < -0.39 is 0 Å². The van der Waals surface area contributed by atoms with E-state index in [1.54, 1.807) is 0 Å². The molecule has 0 spiro atoms. The van der Waals surface area contributed by atoms with Gasteiger partial charge in [0, 0.05) is 0 Å². The molecular weight excluding hydrogens is 182 g/mol. The molecule has 0 amide bonds. The third-order valence-electron chi connectivity index (χ3n) is 3.33. The first-order valence-electron chi connectivity index (χ1n) is 5.96. The topological polar surface area (TPSA) is 3.24 Å². The van der Waals surface area contributed by atoms with Crippen molar-refractivity contribution in [2.24, 2.45) is 0 Å². The molecule has 1 heterocycles. The fourth-order valence-electron chi connectivity index (χ4n) is 2.44. The first-order chi connectivity index (χ1) is 7.40. The third-order valence-corrected chi connectivity index (χ3v) is 3.33. The number of piperidine rings is 1. The molecule has 0 aliphatic carbocycles. The highest BCUT2D eigenvalue weighted by Gasteiger charge is 2.19. The molecule has 0 bridgehead atoms. The second-order valence-electron chi connectivity index (χ2n) is 4.38. The van der Waals surface area contributed by atoms with Gasteiger partial charge in [0.05, 0.1) is 0 Å². The SMILES string of the molecule is [CH2]CCN1CCC(c2ccccc2)CC1. The quantitative estimate of drug-likeness (QED) is 0.728. The zero-order chi connectivity index (χ0) is 10.5. The fourth-order valence-corrected chi connectivity index (χ4v) is 2.44. The van der Waals surface area contributed by atoms with Gasteiger partial charge in [-0.2, -0.15) is 0 Å². The van der Waals surface area contributed by atoms with Crippen LogP contribution in [0, 0.1) is 6.92 Å². The van der Waals surface area contributed by atoms with Gasteiger partial charge in [-0.05, 0) is 50.4 Å². The summed E-state index contributed by atoms with van der Waals surface area (Å²) in [4.78, 5) is 2.53. The maximum Gasteiger partial charge on any atom is -0.00129 e. The van der Waals surface area contributed by atoms with Gasteiger partial charge in [0.2, 0.25) is 0 Å². The van der Waals surface area contributed by atoms with Gasteiger partial charge in [0.25, 0.3) is 0 Å². The first-order valence-corrected chi connectivity index (χ1v) is 5.96. The van der Waals surface area contributed by atoms with Gasteiger partial charge in [-0.3, -0.25) is 0 Å². The number of rotatable bonds is 3. The first kappa shape index (κ1) is 10.7. The van der Waals surface area contributed by atoms with E-state index >= 15 is 0 Å². The largest absolute Gasteiger partial charge is 0.303 e. The predicted octanol–water partition coefficient (Wildman–Crippen LogP) is 3.09. The van der Waals surface area contributed by atoms with E-state index in [0.29, 0.717) is 0 Å². The molecule has 0 aromatic heterocycles. The van der Waals surface area contributed by atoms with Gasteiger partial charge < -0.3 is 4.90 Å². The summed E-state index contributed by atoms with van der Waals surface area (Å²) in [6, 6.07) is 10.9. The van der Waals surface area contributed by atoms with Crippen LogP contribution in [0.15, 0.2) is 30.3 Å². The summed E-state index contributed by atoms with van der Waals surface area (Å²) < 4.78 is 0. The Morgan fingerprint density at radius 2 is 1.80 bits per heavy atom. The van der Waals surface area contributed by atoms with Crippen LogP contribution in [0.4, 0.5) is 0 Å². The Hall–Kier alpha value is -0.820. The van der Waals surface area contributed by atoms with Crippen LogP contribution in [0.1, 0.15) is 30.7 Å². The summed E-state index contributed by atoms with van der Waals surface area (Å²) in [5, 5.41) is 0. The monoisotopic (exact) mass is 202 g/mol. The minimum absolute atomic E-state index is 0.785. The molecule has 1 aliphatic rings. The average Bonchev–Trinajstić information content (AvgIpc) is 2.32. The minimum atomic E-state index is 0.785. The van der Waals surface area contributed by atoms with Crippen molar-refractivity contribution in [2.75, 3.05) is 19.6 Å². The van der Waals surface area contributed by atoms with Crippen molar-refractivity contribution in [2.45, 2.75) is 25.2 Å². The summed E-state index contributed by atoms with van der Waals surface area (Å²) in [5.41, 5.74) is 1.52. The Morgan fingerprint density at radius 1 is 1.13 bits per heavy atom. The van der Waals surface area contributed by atoms with E-state index in [4.69, 9.17) is 0 Å². The molecule has 1 aromatic rings. The molecule has 1 aliphatic heterocycles. The van der Waals surface area contributed by atoms with E-state index in [1.807, 2.05) is 0 Å². The van der Waals surface area contributed by atoms with Crippen molar-refractivity contribution in [1.29, 1.82) is 0 Å². The van der Waals surface area contributed by atoms with Crippen molar-refractivity contribution in [3.8, 4) is 0 Å². The summed E-state index contributed by atoms with van der Waals surface area (Å²) >= 11 is 0. The van der Waals surface area contributed by atoms with Crippen LogP contribution >= 0.6 is 0 Å². The standard InChI is InChI=1S/C14H20N/c1-2-10-15-11-8-14(9-12-15)13-6-4-3-5-7-13/h3-7,14H,1-2,8-12H2. The van der Waals surface area contributed by atoms with Gasteiger partial charge in [0.15, 0.2) is 0 Å². The Labute approximate surface area is 93.1 Å². The van der Waals surface area contributed by atoms with E-state index in [-0.39, 0.29) is 0 Å². The highest BCUT2D eigenvalue weighted by molar-refractivity contribution is 5.19.